The number of nitrogens with zero attached hydrogens (tertiary/aromatic N) is 6. The molecule has 0 radical (unpaired) electrons. The highest BCUT2D eigenvalue weighted by Gasteiger charge is 2.39. The van der Waals surface area contributed by atoms with Crippen molar-refractivity contribution in [1.82, 2.24) is 20.2 Å². The van der Waals surface area contributed by atoms with Gasteiger partial charge in [-0.15, -0.1) is 0 Å². The molecule has 2 heterocycles. The van der Waals surface area contributed by atoms with Gasteiger partial charge in [-0.3, -0.25) is 25.0 Å². The number of tetrazole rings is 1. The fraction of sp³-hybridized carbons (Fsp3) is 0.105. The third-order valence-corrected chi connectivity index (χ3v) is 4.89. The molecule has 0 saturated heterocycles. The first-order valence-corrected chi connectivity index (χ1v) is 9.22. The molecular formula is C19H13N7O7. The molecule has 33 heavy (non-hydrogen) atoms. The molecule has 1 aliphatic heterocycles. The molecule has 1 aromatic heterocycles. The Bertz CT molecular complexity index is 1330. The second-order valence-electron chi connectivity index (χ2n) is 6.74. The first-order valence-electron chi connectivity index (χ1n) is 9.22. The van der Waals surface area contributed by atoms with E-state index < -0.39 is 27.6 Å². The second-order valence-corrected chi connectivity index (χ2v) is 6.74. The number of anilines is 1. The number of allylic oxidation sites excluding steroid dienone is 1. The van der Waals surface area contributed by atoms with Gasteiger partial charge in [0.25, 0.3) is 11.4 Å². The van der Waals surface area contributed by atoms with E-state index in [1.807, 2.05) is 0 Å². The Morgan fingerprint density at radius 2 is 1.76 bits per heavy atom. The number of ether oxygens (including phenoxy) is 1. The summed E-state index contributed by atoms with van der Waals surface area (Å²) in [5.41, 5.74) is -0.608. The van der Waals surface area contributed by atoms with Crippen LogP contribution in [0.25, 0.3) is 0 Å². The highest BCUT2D eigenvalue weighted by Crippen LogP contribution is 2.37. The van der Waals surface area contributed by atoms with Crippen LogP contribution in [0.2, 0.25) is 0 Å². The smallest absolute Gasteiger partial charge is 0.355 e. The number of esters is 1. The Balaban J connectivity index is 1.93. The number of carbonyl (C=O) groups excluding carboxylic acids is 2. The van der Waals surface area contributed by atoms with E-state index in [0.717, 1.165) is 19.2 Å². The predicted molar refractivity (Wildman–Crippen MR) is 109 cm³/mol. The number of nitro benzene ring substituents is 2. The van der Waals surface area contributed by atoms with E-state index in [4.69, 9.17) is 4.74 Å². The van der Waals surface area contributed by atoms with Crippen molar-refractivity contribution in [2.75, 3.05) is 12.4 Å². The first kappa shape index (κ1) is 21.2. The molecule has 0 fully saturated rings. The third kappa shape index (κ3) is 3.76. The lowest BCUT2D eigenvalue weighted by Gasteiger charge is -2.28. The number of nitro groups is 2. The van der Waals surface area contributed by atoms with Crippen LogP contribution in [0.1, 0.15) is 22.0 Å². The standard InChI is InChI=1S/C19H13N7O7/c1-33-18(28)15-14(17(27)10-5-7-12(8-6-10)25(29)30)16(24-19(20-15)21-22-23-24)11-3-2-4-13(9-11)26(31)32/h2-9,16H,1H3,(H,20,21,23)/t16-/m0/s1. The van der Waals surface area contributed by atoms with Crippen LogP contribution in [0.3, 0.4) is 0 Å². The van der Waals surface area contributed by atoms with Crippen molar-refractivity contribution in [3.8, 4) is 0 Å². The summed E-state index contributed by atoms with van der Waals surface area (Å²) < 4.78 is 6.01. The lowest BCUT2D eigenvalue weighted by atomic mass is 9.89. The molecule has 14 heteroatoms. The summed E-state index contributed by atoms with van der Waals surface area (Å²) >= 11 is 0. The van der Waals surface area contributed by atoms with Crippen LogP contribution in [-0.4, -0.2) is 48.9 Å². The minimum absolute atomic E-state index is 0.00663. The molecule has 1 atom stereocenters. The Labute approximate surface area is 183 Å². The Morgan fingerprint density at radius 1 is 1.06 bits per heavy atom. The van der Waals surface area contributed by atoms with Gasteiger partial charge < -0.3 is 10.1 Å². The highest BCUT2D eigenvalue weighted by molar-refractivity contribution is 6.15. The number of benzene rings is 2. The van der Waals surface area contributed by atoms with Gasteiger partial charge in [0.1, 0.15) is 11.7 Å². The maximum absolute atomic E-state index is 13.6. The molecule has 1 N–H and O–H groups in total. The number of nitrogens with one attached hydrogen (secondary N) is 1. The number of non-ortho nitro benzene ring substituents is 2. The maximum atomic E-state index is 13.6. The summed E-state index contributed by atoms with van der Waals surface area (Å²) in [4.78, 5) is 47.2. The number of fused-ring (bicyclic) bond motifs is 1. The van der Waals surface area contributed by atoms with Gasteiger partial charge in [-0.25, -0.2) is 4.79 Å². The number of hydrogen-bond donors (Lipinski definition) is 1. The van der Waals surface area contributed by atoms with Gasteiger partial charge in [-0.2, -0.15) is 4.68 Å². The minimum Gasteiger partial charge on any atom is -0.464 e. The molecule has 0 bridgehead atoms. The Kier molecular flexibility index (Phi) is 5.31. The van der Waals surface area contributed by atoms with Crippen LogP contribution in [0.15, 0.2) is 59.8 Å². The van der Waals surface area contributed by atoms with Gasteiger partial charge in [-0.1, -0.05) is 17.2 Å². The number of rotatable bonds is 6. The predicted octanol–water partition coefficient (Wildman–Crippen LogP) is 1.81. The largest absolute Gasteiger partial charge is 0.464 e. The number of Topliss-reactive ketones (excluding diaryl/α,β-unsaturated/α-hetero) is 1. The summed E-state index contributed by atoms with van der Waals surface area (Å²) in [6, 6.07) is 9.09. The van der Waals surface area contributed by atoms with Crippen LogP contribution < -0.4 is 5.32 Å². The quantitative estimate of drug-likeness (QED) is 0.249. The molecule has 1 aliphatic rings. The Hall–Kier alpha value is -5.01. The van der Waals surface area contributed by atoms with Gasteiger partial charge >= 0.3 is 5.97 Å². The molecule has 14 nitrogen and oxygen atoms in total. The maximum Gasteiger partial charge on any atom is 0.355 e. The molecule has 0 unspecified atom stereocenters. The summed E-state index contributed by atoms with van der Waals surface area (Å²) in [7, 11) is 1.12. The summed E-state index contributed by atoms with van der Waals surface area (Å²) in [6.07, 6.45) is 0. The SMILES string of the molecule is COC(=O)C1=C(C(=O)c2ccc([N+](=O)[O-])cc2)[C@H](c2cccc([N+](=O)[O-])c2)n2nnnc2N1. The van der Waals surface area contributed by atoms with Crippen LogP contribution in [0, 0.1) is 20.2 Å². The van der Waals surface area contributed by atoms with Crippen molar-refractivity contribution < 1.29 is 24.2 Å². The lowest BCUT2D eigenvalue weighted by Crippen LogP contribution is -2.33. The molecule has 166 valence electrons. The van der Waals surface area contributed by atoms with E-state index in [-0.39, 0.29) is 39.7 Å². The zero-order chi connectivity index (χ0) is 23.7. The number of ketones is 1. The number of aromatic nitrogens is 4. The van der Waals surface area contributed by atoms with E-state index in [1.54, 1.807) is 0 Å². The molecule has 0 saturated carbocycles. The normalized spacial score (nSPS) is 14.8. The average molecular weight is 451 g/mol. The zero-order valence-corrected chi connectivity index (χ0v) is 16.7. The topological polar surface area (TPSA) is 185 Å². The van der Waals surface area contributed by atoms with Gasteiger partial charge in [-0.05, 0) is 28.1 Å². The van der Waals surface area contributed by atoms with Crippen molar-refractivity contribution in [2.24, 2.45) is 0 Å². The van der Waals surface area contributed by atoms with Crippen LogP contribution in [0.5, 0.6) is 0 Å². The molecular weight excluding hydrogens is 438 g/mol. The average Bonchev–Trinajstić information content (AvgIpc) is 3.30. The van der Waals surface area contributed by atoms with Gasteiger partial charge in [0.15, 0.2) is 5.78 Å². The molecule has 3 aromatic rings. The first-order chi connectivity index (χ1) is 15.8. The molecule has 4 rings (SSSR count). The second kappa shape index (κ2) is 8.26. The van der Waals surface area contributed by atoms with E-state index in [2.05, 4.69) is 20.8 Å². The lowest BCUT2D eigenvalue weighted by molar-refractivity contribution is -0.385. The summed E-state index contributed by atoms with van der Waals surface area (Å²) in [5, 5.41) is 36.1. The van der Waals surface area contributed by atoms with E-state index in [9.17, 15) is 29.8 Å². The fourth-order valence-corrected chi connectivity index (χ4v) is 3.40. The number of methoxy groups -OCH3 is 1. The van der Waals surface area contributed by atoms with E-state index in [0.29, 0.717) is 0 Å². The monoisotopic (exact) mass is 451 g/mol. The minimum atomic E-state index is -1.13. The summed E-state index contributed by atoms with van der Waals surface area (Å²) in [5.74, 6) is -1.58. The molecule has 0 spiro atoms. The van der Waals surface area contributed by atoms with Crippen molar-refractivity contribution in [3.63, 3.8) is 0 Å². The molecule has 0 aliphatic carbocycles. The van der Waals surface area contributed by atoms with E-state index >= 15 is 0 Å². The third-order valence-electron chi connectivity index (χ3n) is 4.89. The van der Waals surface area contributed by atoms with Gasteiger partial charge in [0.2, 0.25) is 5.95 Å². The zero-order valence-electron chi connectivity index (χ0n) is 16.7. The van der Waals surface area contributed by atoms with Crippen molar-refractivity contribution >= 4 is 29.1 Å². The number of hydrogen-bond acceptors (Lipinski definition) is 11. The van der Waals surface area contributed by atoms with Crippen molar-refractivity contribution in [2.45, 2.75) is 6.04 Å². The fourth-order valence-electron chi connectivity index (χ4n) is 3.40. The summed E-state index contributed by atoms with van der Waals surface area (Å²) in [6.45, 7) is 0. The Morgan fingerprint density at radius 3 is 2.39 bits per heavy atom. The highest BCUT2D eigenvalue weighted by atomic mass is 16.6. The van der Waals surface area contributed by atoms with Gasteiger partial charge in [0.05, 0.1) is 22.5 Å². The van der Waals surface area contributed by atoms with Crippen LogP contribution in [-0.2, 0) is 9.53 Å². The van der Waals surface area contributed by atoms with Gasteiger partial charge in [0, 0.05) is 29.8 Å². The van der Waals surface area contributed by atoms with Crippen molar-refractivity contribution in [3.05, 3.63) is 91.2 Å². The van der Waals surface area contributed by atoms with Crippen LogP contribution in [0.4, 0.5) is 17.3 Å². The number of carbonyl (C=O) groups is 2. The van der Waals surface area contributed by atoms with E-state index in [1.165, 1.54) is 41.1 Å². The van der Waals surface area contributed by atoms with Crippen LogP contribution >= 0.6 is 0 Å². The molecule has 2 aromatic carbocycles. The van der Waals surface area contributed by atoms with Crippen molar-refractivity contribution in [1.29, 1.82) is 0 Å². The molecule has 0 amide bonds.